The molecule has 0 radical (unpaired) electrons. The van der Waals surface area contributed by atoms with E-state index in [0.29, 0.717) is 19.3 Å². The number of ether oxygens (including phenoxy) is 1. The second kappa shape index (κ2) is 47.6. The van der Waals surface area contributed by atoms with Crippen LogP contribution >= 0.6 is 0 Å². The molecule has 0 fully saturated rings. The molecule has 3 N–H and O–H groups in total. The van der Waals surface area contributed by atoms with E-state index in [1.54, 1.807) is 0 Å². The third kappa shape index (κ3) is 43.0. The molecule has 0 aliphatic rings. The summed E-state index contributed by atoms with van der Waals surface area (Å²) in [5.74, 6) is -0.574. The summed E-state index contributed by atoms with van der Waals surface area (Å²) in [6.45, 7) is 6.17. The number of rotatable bonds is 42. The summed E-state index contributed by atoms with van der Waals surface area (Å²) in [7, 11) is 0. The first-order valence-corrected chi connectivity index (χ1v) is 24.7. The molecule has 3 atom stereocenters. The van der Waals surface area contributed by atoms with Crippen LogP contribution in [0.15, 0.2) is 109 Å². The third-order valence-corrected chi connectivity index (χ3v) is 10.6. The minimum atomic E-state index is -0.813. The Kier molecular flexibility index (Phi) is 44.9. The summed E-state index contributed by atoms with van der Waals surface area (Å²) in [5.41, 5.74) is 0. The zero-order valence-corrected chi connectivity index (χ0v) is 39.2. The normalized spacial score (nSPS) is 14.2. The SMILES string of the molecule is CC/C=C/C=C/C=C\C=C/C=C/CCCCCC(=O)OC(CCCCC\C=C/C=C/C=C/C=C/CC)CC(=O)NC(CO)C(O)CCCCCCCCCCCCCCCC. The van der Waals surface area contributed by atoms with Crippen LogP contribution in [0.3, 0.4) is 0 Å². The number of carbonyl (C=O) groups excluding carboxylic acids is 2. The molecule has 346 valence electrons. The first-order chi connectivity index (χ1) is 30.0. The maximum absolute atomic E-state index is 13.2. The zero-order chi connectivity index (χ0) is 44.5. The smallest absolute Gasteiger partial charge is 0.306 e. The minimum absolute atomic E-state index is 0.0270. The third-order valence-electron chi connectivity index (χ3n) is 10.6. The van der Waals surface area contributed by atoms with Crippen LogP contribution in [0.5, 0.6) is 0 Å². The molecule has 6 nitrogen and oxygen atoms in total. The molecule has 0 aliphatic carbocycles. The van der Waals surface area contributed by atoms with Gasteiger partial charge in [0.05, 0.1) is 25.2 Å². The second-order valence-corrected chi connectivity index (χ2v) is 16.3. The monoisotopic (exact) mass is 846 g/mol. The number of aliphatic hydroxyl groups is 2. The van der Waals surface area contributed by atoms with Crippen molar-refractivity contribution in [2.75, 3.05) is 6.61 Å². The topological polar surface area (TPSA) is 95.9 Å². The molecule has 61 heavy (non-hydrogen) atoms. The molecule has 0 saturated carbocycles. The van der Waals surface area contributed by atoms with Gasteiger partial charge in [-0.15, -0.1) is 0 Å². The Morgan fingerprint density at radius 2 is 0.885 bits per heavy atom. The molecule has 0 saturated heterocycles. The van der Waals surface area contributed by atoms with Crippen LogP contribution in [-0.4, -0.2) is 46.9 Å². The maximum atomic E-state index is 13.2. The average molecular weight is 846 g/mol. The predicted octanol–water partition coefficient (Wildman–Crippen LogP) is 14.7. The van der Waals surface area contributed by atoms with Gasteiger partial charge in [0.1, 0.15) is 6.10 Å². The van der Waals surface area contributed by atoms with Gasteiger partial charge in [0.2, 0.25) is 5.91 Å². The van der Waals surface area contributed by atoms with E-state index in [9.17, 15) is 19.8 Å². The van der Waals surface area contributed by atoms with Crippen molar-refractivity contribution in [1.82, 2.24) is 5.32 Å². The summed E-state index contributed by atoms with van der Waals surface area (Å²) >= 11 is 0. The van der Waals surface area contributed by atoms with Crippen LogP contribution in [0.25, 0.3) is 0 Å². The molecule has 6 heteroatoms. The van der Waals surface area contributed by atoms with Crippen molar-refractivity contribution in [2.45, 2.75) is 219 Å². The van der Waals surface area contributed by atoms with Gasteiger partial charge in [0, 0.05) is 6.42 Å². The van der Waals surface area contributed by atoms with Crippen LogP contribution < -0.4 is 5.32 Å². The fourth-order valence-electron chi connectivity index (χ4n) is 6.87. The number of aliphatic hydroxyl groups excluding tert-OH is 2. The van der Waals surface area contributed by atoms with Gasteiger partial charge in [-0.2, -0.15) is 0 Å². The number of allylic oxidation sites excluding steroid dienone is 18. The average Bonchev–Trinajstić information content (AvgIpc) is 3.25. The fourth-order valence-corrected chi connectivity index (χ4v) is 6.87. The molecule has 0 aromatic rings. The molecule has 0 rings (SSSR count). The molecular weight excluding hydrogens is 755 g/mol. The van der Waals surface area contributed by atoms with Crippen molar-refractivity contribution in [3.63, 3.8) is 0 Å². The van der Waals surface area contributed by atoms with Gasteiger partial charge >= 0.3 is 5.97 Å². The van der Waals surface area contributed by atoms with Crippen LogP contribution in [0, 0.1) is 0 Å². The molecule has 0 spiro atoms. The van der Waals surface area contributed by atoms with Gasteiger partial charge in [-0.05, 0) is 64.2 Å². The Morgan fingerprint density at radius 3 is 1.34 bits per heavy atom. The van der Waals surface area contributed by atoms with Crippen molar-refractivity contribution in [3.05, 3.63) is 109 Å². The molecule has 0 bridgehead atoms. The van der Waals surface area contributed by atoms with Crippen molar-refractivity contribution < 1.29 is 24.5 Å². The summed E-state index contributed by atoms with van der Waals surface area (Å²) in [5, 5.41) is 23.7. The Balaban J connectivity index is 4.73. The number of unbranched alkanes of at least 4 members (excludes halogenated alkanes) is 19. The van der Waals surface area contributed by atoms with E-state index < -0.39 is 18.2 Å². The van der Waals surface area contributed by atoms with E-state index in [2.05, 4.69) is 62.5 Å². The van der Waals surface area contributed by atoms with Crippen molar-refractivity contribution in [1.29, 1.82) is 0 Å². The first-order valence-electron chi connectivity index (χ1n) is 24.7. The summed E-state index contributed by atoms with van der Waals surface area (Å²) in [6, 6.07) is -0.730. The Bertz CT molecular complexity index is 1270. The molecular formula is C55H91NO5. The highest BCUT2D eigenvalue weighted by atomic mass is 16.5. The highest BCUT2D eigenvalue weighted by Crippen LogP contribution is 2.17. The molecule has 3 unspecified atom stereocenters. The quantitative estimate of drug-likeness (QED) is 0.0323. The highest BCUT2D eigenvalue weighted by molar-refractivity contribution is 5.77. The zero-order valence-electron chi connectivity index (χ0n) is 39.2. The van der Waals surface area contributed by atoms with E-state index in [1.807, 2.05) is 72.9 Å². The first kappa shape index (κ1) is 57.5. The van der Waals surface area contributed by atoms with Gasteiger partial charge in [0.15, 0.2) is 0 Å². The lowest BCUT2D eigenvalue weighted by atomic mass is 10.0. The summed E-state index contributed by atoms with van der Waals surface area (Å²) in [4.78, 5) is 26.1. The Hall–Kier alpha value is -3.48. The number of hydrogen-bond acceptors (Lipinski definition) is 5. The molecule has 0 aromatic heterocycles. The maximum Gasteiger partial charge on any atom is 0.306 e. The molecule has 0 heterocycles. The largest absolute Gasteiger partial charge is 0.462 e. The van der Waals surface area contributed by atoms with Crippen molar-refractivity contribution >= 4 is 11.9 Å². The lowest BCUT2D eigenvalue weighted by molar-refractivity contribution is -0.151. The van der Waals surface area contributed by atoms with Crippen LogP contribution in [-0.2, 0) is 14.3 Å². The van der Waals surface area contributed by atoms with E-state index in [-0.39, 0.29) is 24.9 Å². The predicted molar refractivity (Wildman–Crippen MR) is 263 cm³/mol. The molecule has 0 aliphatic heterocycles. The number of amides is 1. The van der Waals surface area contributed by atoms with Gasteiger partial charge in [0.25, 0.3) is 0 Å². The number of hydrogen-bond donors (Lipinski definition) is 3. The minimum Gasteiger partial charge on any atom is -0.462 e. The van der Waals surface area contributed by atoms with Crippen LogP contribution in [0.2, 0.25) is 0 Å². The van der Waals surface area contributed by atoms with Gasteiger partial charge in [-0.25, -0.2) is 0 Å². The molecule has 1 amide bonds. The Morgan fingerprint density at radius 1 is 0.492 bits per heavy atom. The van der Waals surface area contributed by atoms with E-state index in [1.165, 1.54) is 70.6 Å². The van der Waals surface area contributed by atoms with Gasteiger partial charge in [-0.1, -0.05) is 233 Å². The van der Waals surface area contributed by atoms with Gasteiger partial charge < -0.3 is 20.3 Å². The summed E-state index contributed by atoms with van der Waals surface area (Å²) in [6.07, 6.45) is 64.3. The number of nitrogens with one attached hydrogen (secondary N) is 1. The fraction of sp³-hybridized carbons (Fsp3) is 0.636. The standard InChI is InChI=1S/C55H91NO5/c1-4-7-10-13-16-19-22-25-27-30-33-36-39-42-45-48-55(60)61-51(46-43-40-37-34-31-28-24-21-18-15-12-9-6-3)49-54(59)56-52(50-57)53(58)47-44-41-38-35-32-29-26-23-20-17-14-11-8-5-2/h7,9-10,12-13,15-16,18-19,21-22,24-25,27-28,30-31,33,51-53,57-58H,4-6,8,11,14,17,20,23,26,29,32,34-50H2,1-3H3,(H,56,59)/b10-7+,12-9+,16-13+,18-15+,22-19-,24-21+,27-25-,31-28-,33-30+. The highest BCUT2D eigenvalue weighted by Gasteiger charge is 2.24. The van der Waals surface area contributed by atoms with E-state index in [0.717, 1.165) is 83.5 Å². The lowest BCUT2D eigenvalue weighted by Gasteiger charge is -2.24. The summed E-state index contributed by atoms with van der Waals surface area (Å²) < 4.78 is 5.88. The van der Waals surface area contributed by atoms with Crippen LogP contribution in [0.1, 0.15) is 201 Å². The second-order valence-electron chi connectivity index (χ2n) is 16.3. The Labute approximate surface area is 375 Å². The lowest BCUT2D eigenvalue weighted by Crippen LogP contribution is -2.46. The van der Waals surface area contributed by atoms with Crippen molar-refractivity contribution in [2.24, 2.45) is 0 Å². The van der Waals surface area contributed by atoms with E-state index >= 15 is 0 Å². The molecule has 0 aromatic carbocycles. The van der Waals surface area contributed by atoms with Gasteiger partial charge in [-0.3, -0.25) is 9.59 Å². The van der Waals surface area contributed by atoms with E-state index in [4.69, 9.17) is 4.74 Å². The van der Waals surface area contributed by atoms with Crippen molar-refractivity contribution in [3.8, 4) is 0 Å². The number of carbonyl (C=O) groups is 2. The number of esters is 1. The van der Waals surface area contributed by atoms with Crippen LogP contribution in [0.4, 0.5) is 0 Å².